The third kappa shape index (κ3) is 2.99. The Morgan fingerprint density at radius 3 is 2.63 bits per heavy atom. The Labute approximate surface area is 111 Å². The van der Waals surface area contributed by atoms with Crippen molar-refractivity contribution in [2.24, 2.45) is 0 Å². The van der Waals surface area contributed by atoms with E-state index in [1.807, 2.05) is 38.1 Å². The molecule has 0 aliphatic rings. The summed E-state index contributed by atoms with van der Waals surface area (Å²) in [7, 11) is 0. The fraction of sp³-hybridized carbons (Fsp3) is 0.357. The van der Waals surface area contributed by atoms with Crippen molar-refractivity contribution in [1.29, 1.82) is 0 Å². The molecule has 0 aliphatic carbocycles. The molecule has 0 bridgehead atoms. The van der Waals surface area contributed by atoms with Crippen LogP contribution in [0.2, 0.25) is 0 Å². The van der Waals surface area contributed by atoms with Gasteiger partial charge in [0.2, 0.25) is 0 Å². The summed E-state index contributed by atoms with van der Waals surface area (Å²) in [5.41, 5.74) is 0.868. The topological polar surface area (TPSA) is 75.1 Å². The van der Waals surface area contributed by atoms with Gasteiger partial charge < -0.3 is 10.4 Å². The van der Waals surface area contributed by atoms with Crippen molar-refractivity contribution in [3.63, 3.8) is 0 Å². The number of hydrogen-bond donors (Lipinski definition) is 2. The normalized spacial score (nSPS) is 12.3. The maximum Gasteiger partial charge on any atom is 0.305 e. The van der Waals surface area contributed by atoms with Crippen molar-refractivity contribution in [2.75, 3.05) is 5.32 Å². The van der Waals surface area contributed by atoms with Gasteiger partial charge in [0.05, 0.1) is 12.1 Å². The second kappa shape index (κ2) is 5.65. The van der Waals surface area contributed by atoms with Crippen LogP contribution in [-0.4, -0.2) is 27.3 Å². The lowest BCUT2D eigenvalue weighted by Gasteiger charge is -2.16. The van der Waals surface area contributed by atoms with Crippen LogP contribution in [0.4, 0.5) is 5.82 Å². The fourth-order valence-corrected chi connectivity index (χ4v) is 2.05. The second-order valence-corrected chi connectivity index (χ2v) is 4.53. The number of rotatable bonds is 5. The molecule has 1 aromatic heterocycles. The Balaban J connectivity index is 2.35. The van der Waals surface area contributed by atoms with Gasteiger partial charge in [-0.2, -0.15) is 5.10 Å². The van der Waals surface area contributed by atoms with Gasteiger partial charge in [0.25, 0.3) is 0 Å². The molecular formula is C14H17N3O2. The summed E-state index contributed by atoms with van der Waals surface area (Å²) in [6.07, 6.45) is 0.788. The van der Waals surface area contributed by atoms with Gasteiger partial charge in [-0.25, -0.2) is 0 Å². The summed E-state index contributed by atoms with van der Waals surface area (Å²) in [5.74, 6) is -0.168. The minimum absolute atomic E-state index is 0.0698. The van der Waals surface area contributed by atoms with E-state index < -0.39 is 5.97 Å². The molecule has 0 spiro atoms. The number of carboxylic acids is 1. The van der Waals surface area contributed by atoms with E-state index in [1.54, 1.807) is 0 Å². The Kier molecular flexibility index (Phi) is 3.94. The summed E-state index contributed by atoms with van der Waals surface area (Å²) in [5, 5.41) is 22.3. The maximum absolute atomic E-state index is 10.8. The third-order valence-electron chi connectivity index (χ3n) is 3.13. The van der Waals surface area contributed by atoms with Gasteiger partial charge in [0.15, 0.2) is 5.82 Å². The number of aryl methyl sites for hydroxylation is 1. The number of anilines is 1. The summed E-state index contributed by atoms with van der Waals surface area (Å²) >= 11 is 0. The molecule has 2 aromatic rings. The maximum atomic E-state index is 10.8. The SMILES string of the molecule is CCC(CC(=O)O)Nc1nnc(C)c2ccccc12. The van der Waals surface area contributed by atoms with Crippen LogP contribution in [0.5, 0.6) is 0 Å². The fourth-order valence-electron chi connectivity index (χ4n) is 2.05. The smallest absolute Gasteiger partial charge is 0.305 e. The molecule has 2 rings (SSSR count). The molecule has 0 radical (unpaired) electrons. The predicted molar refractivity (Wildman–Crippen MR) is 74.2 cm³/mol. The zero-order chi connectivity index (χ0) is 13.8. The van der Waals surface area contributed by atoms with Gasteiger partial charge in [-0.1, -0.05) is 31.2 Å². The van der Waals surface area contributed by atoms with Crippen LogP contribution < -0.4 is 5.32 Å². The van der Waals surface area contributed by atoms with Gasteiger partial charge in [-0.05, 0) is 13.3 Å². The average molecular weight is 259 g/mol. The lowest BCUT2D eigenvalue weighted by molar-refractivity contribution is -0.137. The molecule has 1 unspecified atom stereocenters. The van der Waals surface area contributed by atoms with Crippen molar-refractivity contribution >= 4 is 22.6 Å². The first-order valence-electron chi connectivity index (χ1n) is 6.32. The first kappa shape index (κ1) is 13.3. The van der Waals surface area contributed by atoms with Gasteiger partial charge in [0.1, 0.15) is 0 Å². The van der Waals surface area contributed by atoms with Crippen LogP contribution in [0.15, 0.2) is 24.3 Å². The molecule has 1 aromatic carbocycles. The van der Waals surface area contributed by atoms with Crippen molar-refractivity contribution in [1.82, 2.24) is 10.2 Å². The summed E-state index contributed by atoms with van der Waals surface area (Å²) in [6.45, 7) is 3.86. The van der Waals surface area contributed by atoms with E-state index in [2.05, 4.69) is 15.5 Å². The molecule has 2 N–H and O–H groups in total. The monoisotopic (exact) mass is 259 g/mol. The van der Waals surface area contributed by atoms with Crippen molar-refractivity contribution < 1.29 is 9.90 Å². The Hall–Kier alpha value is -2.17. The van der Waals surface area contributed by atoms with Crippen LogP contribution >= 0.6 is 0 Å². The third-order valence-corrected chi connectivity index (χ3v) is 3.13. The van der Waals surface area contributed by atoms with Crippen molar-refractivity contribution in [3.05, 3.63) is 30.0 Å². The molecular weight excluding hydrogens is 242 g/mol. The standard InChI is InChI=1S/C14H17N3O2/c1-3-10(8-13(18)19)15-14-12-7-5-4-6-11(12)9(2)16-17-14/h4-7,10H,3,8H2,1-2H3,(H,15,17)(H,18,19). The summed E-state index contributed by atoms with van der Waals surface area (Å²) in [6, 6.07) is 7.70. The Bertz CT molecular complexity index is 598. The molecule has 0 saturated carbocycles. The number of carbonyl (C=O) groups is 1. The highest BCUT2D eigenvalue weighted by Crippen LogP contribution is 2.23. The molecule has 0 fully saturated rings. The van der Waals surface area contributed by atoms with Gasteiger partial charge in [0, 0.05) is 16.8 Å². The Morgan fingerprint density at radius 2 is 2.00 bits per heavy atom. The van der Waals surface area contributed by atoms with Crippen LogP contribution in [0.25, 0.3) is 10.8 Å². The van der Waals surface area contributed by atoms with Crippen molar-refractivity contribution in [3.8, 4) is 0 Å². The number of hydrogen-bond acceptors (Lipinski definition) is 4. The highest BCUT2D eigenvalue weighted by molar-refractivity contribution is 5.93. The lowest BCUT2D eigenvalue weighted by atomic mass is 10.1. The zero-order valence-corrected chi connectivity index (χ0v) is 11.1. The van der Waals surface area contributed by atoms with Crippen LogP contribution in [0, 0.1) is 6.92 Å². The minimum Gasteiger partial charge on any atom is -0.481 e. The predicted octanol–water partition coefficient (Wildman–Crippen LogP) is 2.60. The Morgan fingerprint density at radius 1 is 1.32 bits per heavy atom. The number of aromatic nitrogens is 2. The van der Waals surface area contributed by atoms with E-state index >= 15 is 0 Å². The zero-order valence-electron chi connectivity index (χ0n) is 11.1. The van der Waals surface area contributed by atoms with Gasteiger partial charge >= 0.3 is 5.97 Å². The molecule has 1 heterocycles. The molecule has 19 heavy (non-hydrogen) atoms. The number of nitrogens with zero attached hydrogens (tertiary/aromatic N) is 2. The molecule has 0 amide bonds. The molecule has 5 heteroatoms. The molecule has 0 saturated heterocycles. The second-order valence-electron chi connectivity index (χ2n) is 4.53. The summed E-state index contributed by atoms with van der Waals surface area (Å²) < 4.78 is 0. The van der Waals surface area contributed by atoms with Crippen LogP contribution in [0.1, 0.15) is 25.5 Å². The molecule has 1 atom stereocenters. The van der Waals surface area contributed by atoms with E-state index in [4.69, 9.17) is 5.11 Å². The number of benzene rings is 1. The largest absolute Gasteiger partial charge is 0.481 e. The highest BCUT2D eigenvalue weighted by Gasteiger charge is 2.14. The van der Waals surface area contributed by atoms with Gasteiger partial charge in [-0.3, -0.25) is 4.79 Å². The van der Waals surface area contributed by atoms with Crippen LogP contribution in [0.3, 0.4) is 0 Å². The highest BCUT2D eigenvalue weighted by atomic mass is 16.4. The number of fused-ring (bicyclic) bond motifs is 1. The van der Waals surface area contributed by atoms with Crippen LogP contribution in [-0.2, 0) is 4.79 Å². The molecule has 100 valence electrons. The minimum atomic E-state index is -0.816. The lowest BCUT2D eigenvalue weighted by Crippen LogP contribution is -2.23. The van der Waals surface area contributed by atoms with Crippen molar-refractivity contribution in [2.45, 2.75) is 32.7 Å². The summed E-state index contributed by atoms with van der Waals surface area (Å²) in [4.78, 5) is 10.8. The first-order chi connectivity index (χ1) is 9.11. The number of nitrogens with one attached hydrogen (secondary N) is 1. The van der Waals surface area contributed by atoms with E-state index in [9.17, 15) is 4.79 Å². The van der Waals surface area contributed by atoms with E-state index in [0.29, 0.717) is 5.82 Å². The number of aliphatic carboxylic acids is 1. The van der Waals surface area contributed by atoms with Gasteiger partial charge in [-0.15, -0.1) is 5.10 Å². The van der Waals surface area contributed by atoms with E-state index in [1.165, 1.54) is 0 Å². The molecule has 5 nitrogen and oxygen atoms in total. The first-order valence-corrected chi connectivity index (χ1v) is 6.32. The van der Waals surface area contributed by atoms with E-state index in [-0.39, 0.29) is 12.5 Å². The quantitative estimate of drug-likeness (QED) is 0.863. The average Bonchev–Trinajstić information content (AvgIpc) is 2.41. The molecule has 0 aliphatic heterocycles. The number of carboxylic acid groups (broad SMARTS) is 1. The van der Waals surface area contributed by atoms with E-state index in [0.717, 1.165) is 22.9 Å².